The van der Waals surface area contributed by atoms with Gasteiger partial charge in [-0.05, 0) is 61.9 Å². The topological polar surface area (TPSA) is 102 Å². The highest BCUT2D eigenvalue weighted by atomic mass is 19.4. The molecule has 2 aliphatic rings. The summed E-state index contributed by atoms with van der Waals surface area (Å²) in [5, 5.41) is 22.5. The van der Waals surface area contributed by atoms with Crippen molar-refractivity contribution in [2.45, 2.75) is 63.8 Å². The molecule has 1 aromatic heterocycles. The number of rotatable bonds is 8. The van der Waals surface area contributed by atoms with Crippen molar-refractivity contribution in [3.63, 3.8) is 0 Å². The molecule has 5 rings (SSSR count). The van der Waals surface area contributed by atoms with E-state index in [0.29, 0.717) is 36.1 Å². The number of benzene rings is 2. The number of amides is 1. The molecule has 2 atom stereocenters. The first-order chi connectivity index (χ1) is 18.0. The van der Waals surface area contributed by atoms with Gasteiger partial charge in [0.1, 0.15) is 22.7 Å². The van der Waals surface area contributed by atoms with E-state index in [1.807, 2.05) is 39.0 Å². The number of nitriles is 1. The zero-order valence-electron chi connectivity index (χ0n) is 21.4. The molecule has 0 spiro atoms. The summed E-state index contributed by atoms with van der Waals surface area (Å²) in [5.41, 5.74) is 2.83. The molecule has 4 N–H and O–H groups in total. The Kier molecular flexibility index (Phi) is 6.51. The number of nitrogens with one attached hydrogen (secondary N) is 4. The van der Waals surface area contributed by atoms with E-state index in [9.17, 15) is 23.2 Å². The van der Waals surface area contributed by atoms with Crippen LogP contribution in [0.4, 0.5) is 13.2 Å². The zero-order valence-corrected chi connectivity index (χ0v) is 21.4. The molecule has 2 heterocycles. The summed E-state index contributed by atoms with van der Waals surface area (Å²) >= 11 is 0. The molecular formula is C28H30F3N5O2. The largest absolute Gasteiger partial charge is 0.456 e. The summed E-state index contributed by atoms with van der Waals surface area (Å²) in [7, 11) is 0. The smallest absolute Gasteiger partial charge is 0.407 e. The lowest BCUT2D eigenvalue weighted by Crippen LogP contribution is -2.52. The predicted octanol–water partition coefficient (Wildman–Crippen LogP) is 5.20. The van der Waals surface area contributed by atoms with Crippen LogP contribution in [0.5, 0.6) is 0 Å². The molecule has 2 unspecified atom stereocenters. The Morgan fingerprint density at radius 1 is 1.13 bits per heavy atom. The Labute approximate surface area is 218 Å². The summed E-state index contributed by atoms with van der Waals surface area (Å²) in [6.45, 7) is 6.28. The van der Waals surface area contributed by atoms with E-state index >= 15 is 0 Å². The average molecular weight is 526 g/mol. The summed E-state index contributed by atoms with van der Waals surface area (Å²) < 4.78 is 49.0. The highest BCUT2D eigenvalue weighted by molar-refractivity contribution is 6.06. The summed E-state index contributed by atoms with van der Waals surface area (Å²) in [6, 6.07) is 8.99. The van der Waals surface area contributed by atoms with E-state index in [1.165, 1.54) is 12.1 Å². The third-order valence-electron chi connectivity index (χ3n) is 7.16. The first kappa shape index (κ1) is 25.9. The van der Waals surface area contributed by atoms with Gasteiger partial charge in [-0.25, -0.2) is 0 Å². The van der Waals surface area contributed by atoms with Gasteiger partial charge in [-0.1, -0.05) is 26.0 Å². The van der Waals surface area contributed by atoms with Crippen LogP contribution in [0.2, 0.25) is 0 Å². The number of alkyl halides is 3. The molecule has 0 bridgehead atoms. The number of carbonyl (C=O) groups is 1. The first-order valence-electron chi connectivity index (χ1n) is 12.7. The Hall–Kier alpha value is -3.71. The van der Waals surface area contributed by atoms with E-state index in [1.54, 1.807) is 6.07 Å². The number of fused-ring (bicyclic) bond motifs is 3. The molecule has 2 aromatic carbocycles. The minimum Gasteiger partial charge on any atom is -0.456 e. The molecule has 1 aliphatic heterocycles. The number of hydrogen-bond donors (Lipinski definition) is 4. The molecule has 1 fully saturated rings. The fourth-order valence-electron chi connectivity index (χ4n) is 4.95. The summed E-state index contributed by atoms with van der Waals surface area (Å²) in [4.78, 5) is 13.0. The fraction of sp³-hybridized carbons (Fsp3) is 0.429. The van der Waals surface area contributed by atoms with Gasteiger partial charge >= 0.3 is 6.18 Å². The van der Waals surface area contributed by atoms with Crippen LogP contribution in [0.1, 0.15) is 57.2 Å². The number of halogens is 3. The molecule has 38 heavy (non-hydrogen) atoms. The maximum absolute atomic E-state index is 14.4. The second kappa shape index (κ2) is 9.55. The molecule has 10 heteroatoms. The number of allylic oxidation sites excluding steroid dienone is 1. The molecule has 1 aliphatic carbocycles. The van der Waals surface area contributed by atoms with Crippen molar-refractivity contribution in [3.8, 4) is 6.07 Å². The van der Waals surface area contributed by atoms with Gasteiger partial charge in [-0.2, -0.15) is 18.4 Å². The minimum atomic E-state index is -4.67. The highest BCUT2D eigenvalue weighted by Crippen LogP contribution is 2.38. The second-order valence-electron chi connectivity index (χ2n) is 10.6. The van der Waals surface area contributed by atoms with Gasteiger partial charge in [0.25, 0.3) is 0 Å². The SMILES string of the molecule is CC1=C(c2ccc3oc4cc(C(NC(CC(C)C)C(=O)NC5(C#N)CC5)C(F)(F)F)ccc4c3c2)NCN1. The maximum Gasteiger partial charge on any atom is 0.407 e. The summed E-state index contributed by atoms with van der Waals surface area (Å²) in [6.07, 6.45) is -3.48. The van der Waals surface area contributed by atoms with E-state index in [-0.39, 0.29) is 17.9 Å². The summed E-state index contributed by atoms with van der Waals surface area (Å²) in [5.74, 6) is -0.635. The van der Waals surface area contributed by atoms with E-state index in [4.69, 9.17) is 4.42 Å². The lowest BCUT2D eigenvalue weighted by atomic mass is 9.98. The molecule has 3 aromatic rings. The molecule has 1 saturated carbocycles. The van der Waals surface area contributed by atoms with Crippen LogP contribution >= 0.6 is 0 Å². The van der Waals surface area contributed by atoms with Crippen LogP contribution in [0.3, 0.4) is 0 Å². The van der Waals surface area contributed by atoms with Crippen LogP contribution < -0.4 is 21.3 Å². The Balaban J connectivity index is 1.48. The average Bonchev–Trinajstić information content (AvgIpc) is 3.34. The Morgan fingerprint density at radius 2 is 1.89 bits per heavy atom. The van der Waals surface area contributed by atoms with Gasteiger partial charge in [0.2, 0.25) is 5.91 Å². The van der Waals surface area contributed by atoms with Crippen LogP contribution in [0.15, 0.2) is 46.5 Å². The number of carbonyl (C=O) groups excluding carboxylic acids is 1. The standard InChI is InChI=1S/C28H30F3N5O2/c1-15(2)10-21(26(37)36-27(13-32)8-9-27)35-25(28(29,30)31)18-4-6-19-20-11-17(24-16(3)33-14-34-24)5-7-22(20)38-23(19)12-18/h4-7,11-12,15,21,25,33-35H,8-10,14H2,1-3H3,(H,36,37). The molecular weight excluding hydrogens is 495 g/mol. The third-order valence-corrected chi connectivity index (χ3v) is 7.16. The van der Waals surface area contributed by atoms with Gasteiger partial charge in [-0.15, -0.1) is 0 Å². The maximum atomic E-state index is 14.4. The number of hydrogen-bond acceptors (Lipinski definition) is 6. The third kappa shape index (κ3) is 5.03. The van der Waals surface area contributed by atoms with E-state index < -0.39 is 29.7 Å². The first-order valence-corrected chi connectivity index (χ1v) is 12.7. The van der Waals surface area contributed by atoms with E-state index in [0.717, 1.165) is 22.3 Å². The van der Waals surface area contributed by atoms with Crippen LogP contribution in [0, 0.1) is 17.2 Å². The van der Waals surface area contributed by atoms with Crippen LogP contribution in [-0.2, 0) is 4.79 Å². The van der Waals surface area contributed by atoms with Gasteiger partial charge in [0, 0.05) is 22.0 Å². The normalized spacial score (nSPS) is 18.3. The van der Waals surface area contributed by atoms with Gasteiger partial charge in [0.15, 0.2) is 0 Å². The van der Waals surface area contributed by atoms with E-state index in [2.05, 4.69) is 27.3 Å². The van der Waals surface area contributed by atoms with Gasteiger partial charge in [0.05, 0.1) is 24.5 Å². The van der Waals surface area contributed by atoms with Crippen LogP contribution in [0.25, 0.3) is 27.6 Å². The minimum absolute atomic E-state index is 0.0419. The quantitative estimate of drug-likeness (QED) is 0.322. The molecule has 0 radical (unpaired) electrons. The molecule has 7 nitrogen and oxygen atoms in total. The second-order valence-corrected chi connectivity index (χ2v) is 10.6. The van der Waals surface area contributed by atoms with Crippen molar-refractivity contribution in [1.29, 1.82) is 5.26 Å². The van der Waals surface area contributed by atoms with Crippen LogP contribution in [-0.4, -0.2) is 30.3 Å². The van der Waals surface area contributed by atoms with Gasteiger partial charge in [-0.3, -0.25) is 10.1 Å². The Bertz CT molecular complexity index is 1460. The molecule has 1 amide bonds. The highest BCUT2D eigenvalue weighted by Gasteiger charge is 2.47. The monoisotopic (exact) mass is 525 g/mol. The van der Waals surface area contributed by atoms with Crippen molar-refractivity contribution in [2.24, 2.45) is 5.92 Å². The fourth-order valence-corrected chi connectivity index (χ4v) is 4.95. The van der Waals surface area contributed by atoms with Crippen molar-refractivity contribution in [1.82, 2.24) is 21.3 Å². The predicted molar refractivity (Wildman–Crippen MR) is 138 cm³/mol. The number of furan rings is 1. The Morgan fingerprint density at radius 3 is 2.50 bits per heavy atom. The van der Waals surface area contributed by atoms with Crippen molar-refractivity contribution < 1.29 is 22.4 Å². The van der Waals surface area contributed by atoms with Gasteiger partial charge < -0.3 is 20.4 Å². The molecule has 200 valence electrons. The van der Waals surface area contributed by atoms with Crippen molar-refractivity contribution in [3.05, 3.63) is 53.2 Å². The zero-order chi connectivity index (χ0) is 27.2. The lowest BCUT2D eigenvalue weighted by molar-refractivity contribution is -0.161. The van der Waals surface area contributed by atoms with Crippen molar-refractivity contribution >= 4 is 33.5 Å². The lowest BCUT2D eigenvalue weighted by Gasteiger charge is -2.29. The van der Waals surface area contributed by atoms with Crippen molar-refractivity contribution in [2.75, 3.05) is 6.67 Å². The molecule has 0 saturated heterocycles. The number of nitrogens with zero attached hydrogens (tertiary/aromatic N) is 1.